The van der Waals surface area contributed by atoms with Crippen LogP contribution in [0.15, 0.2) is 35.2 Å². The summed E-state index contributed by atoms with van der Waals surface area (Å²) in [5, 5.41) is 4.10. The normalized spacial score (nSPS) is 11.3. The molecule has 1 aromatic heterocycles. The van der Waals surface area contributed by atoms with Gasteiger partial charge in [-0.2, -0.15) is 13.2 Å². The molecule has 0 aliphatic rings. The van der Waals surface area contributed by atoms with E-state index in [1.165, 1.54) is 29.5 Å². The molecule has 106 valence electrons. The largest absolute Gasteiger partial charge is 0.418 e. The number of anilines is 1. The number of hydrogen-bond donors (Lipinski definition) is 1. The van der Waals surface area contributed by atoms with Gasteiger partial charge >= 0.3 is 6.18 Å². The number of carbonyl (C=O) groups excluding carboxylic acids is 1. The van der Waals surface area contributed by atoms with Crippen molar-refractivity contribution in [3.8, 4) is 0 Å². The van der Waals surface area contributed by atoms with Crippen molar-refractivity contribution in [1.29, 1.82) is 0 Å². The van der Waals surface area contributed by atoms with E-state index in [0.717, 1.165) is 11.8 Å². The van der Waals surface area contributed by atoms with Gasteiger partial charge in [-0.25, -0.2) is 4.98 Å². The van der Waals surface area contributed by atoms with E-state index in [1.54, 1.807) is 10.9 Å². The Kier molecular flexibility index (Phi) is 4.39. The van der Waals surface area contributed by atoms with Gasteiger partial charge in [0.25, 0.3) is 0 Å². The van der Waals surface area contributed by atoms with Gasteiger partial charge in [0.1, 0.15) is 0 Å². The first-order valence-electron chi connectivity index (χ1n) is 5.80. The monoisotopic (exact) mass is 300 g/mol. The maximum absolute atomic E-state index is 12.7. The van der Waals surface area contributed by atoms with Crippen LogP contribution >= 0.6 is 11.3 Å². The van der Waals surface area contributed by atoms with Gasteiger partial charge in [-0.15, -0.1) is 11.3 Å². The van der Waals surface area contributed by atoms with Crippen LogP contribution in [0.2, 0.25) is 0 Å². The third-order valence-corrected chi connectivity index (χ3v) is 3.23. The predicted octanol–water partition coefficient (Wildman–Crippen LogP) is 3.73. The van der Waals surface area contributed by atoms with Crippen LogP contribution in [0.3, 0.4) is 0 Å². The molecule has 0 saturated carbocycles. The van der Waals surface area contributed by atoms with Gasteiger partial charge in [-0.05, 0) is 18.6 Å². The fraction of sp³-hybridized carbons (Fsp3) is 0.231. The average molecular weight is 300 g/mol. The van der Waals surface area contributed by atoms with Crippen molar-refractivity contribution in [3.63, 3.8) is 0 Å². The number of amides is 1. The highest BCUT2D eigenvalue weighted by Crippen LogP contribution is 2.34. The molecule has 1 amide bonds. The molecule has 7 heteroatoms. The third kappa shape index (κ3) is 3.80. The molecule has 0 aliphatic carbocycles. The van der Waals surface area contributed by atoms with Crippen molar-refractivity contribution in [2.24, 2.45) is 0 Å². The molecule has 20 heavy (non-hydrogen) atoms. The predicted molar refractivity (Wildman–Crippen MR) is 70.5 cm³/mol. The number of halogens is 3. The minimum Gasteiger partial charge on any atom is -0.325 e. The second-order valence-electron chi connectivity index (χ2n) is 4.07. The van der Waals surface area contributed by atoms with Gasteiger partial charge < -0.3 is 5.32 Å². The van der Waals surface area contributed by atoms with Crippen molar-refractivity contribution in [1.82, 2.24) is 4.98 Å². The number of hydrogen-bond acceptors (Lipinski definition) is 3. The Morgan fingerprint density at radius 1 is 1.30 bits per heavy atom. The topological polar surface area (TPSA) is 42.0 Å². The van der Waals surface area contributed by atoms with Gasteiger partial charge in [0.2, 0.25) is 5.91 Å². The van der Waals surface area contributed by atoms with Gasteiger partial charge in [0.05, 0.1) is 22.5 Å². The zero-order chi connectivity index (χ0) is 14.6. The minimum atomic E-state index is -4.49. The maximum atomic E-state index is 12.7. The lowest BCUT2D eigenvalue weighted by Gasteiger charge is -2.13. The SMILES string of the molecule is O=C(CCc1cscn1)Nc1ccccc1C(F)(F)F. The molecule has 0 aliphatic heterocycles. The summed E-state index contributed by atoms with van der Waals surface area (Å²) in [6, 6.07) is 4.92. The minimum absolute atomic E-state index is 0.0932. The number of rotatable bonds is 4. The maximum Gasteiger partial charge on any atom is 0.418 e. The highest BCUT2D eigenvalue weighted by molar-refractivity contribution is 7.07. The zero-order valence-corrected chi connectivity index (χ0v) is 11.1. The first-order chi connectivity index (χ1) is 9.47. The van der Waals surface area contributed by atoms with E-state index in [1.807, 2.05) is 0 Å². The van der Waals surface area contributed by atoms with Crippen molar-refractivity contribution >= 4 is 22.9 Å². The number of para-hydroxylation sites is 1. The van der Waals surface area contributed by atoms with Gasteiger partial charge in [0.15, 0.2) is 0 Å². The van der Waals surface area contributed by atoms with Crippen LogP contribution in [0.25, 0.3) is 0 Å². The molecular formula is C13H11F3N2OS. The third-order valence-electron chi connectivity index (χ3n) is 2.60. The number of thiazole rings is 1. The Labute approximate surface area is 117 Å². The second-order valence-corrected chi connectivity index (χ2v) is 4.79. The van der Waals surface area contributed by atoms with Crippen molar-refractivity contribution in [3.05, 3.63) is 46.4 Å². The number of benzene rings is 1. The van der Waals surface area contributed by atoms with E-state index in [-0.39, 0.29) is 12.1 Å². The quantitative estimate of drug-likeness (QED) is 0.934. The summed E-state index contributed by atoms with van der Waals surface area (Å²) >= 11 is 1.41. The Morgan fingerprint density at radius 2 is 2.05 bits per heavy atom. The average Bonchev–Trinajstić information content (AvgIpc) is 2.89. The molecule has 1 aromatic carbocycles. The number of nitrogens with one attached hydrogen (secondary N) is 1. The van der Waals surface area contributed by atoms with Gasteiger partial charge in [0, 0.05) is 11.8 Å². The van der Waals surface area contributed by atoms with E-state index in [2.05, 4.69) is 10.3 Å². The first kappa shape index (κ1) is 14.5. The summed E-state index contributed by atoms with van der Waals surface area (Å²) in [6.07, 6.45) is -3.99. The number of aromatic nitrogens is 1. The molecule has 0 bridgehead atoms. The molecule has 0 saturated heterocycles. The summed E-state index contributed by atoms with van der Waals surface area (Å²) in [7, 11) is 0. The molecule has 0 atom stereocenters. The number of aryl methyl sites for hydroxylation is 1. The van der Waals surface area contributed by atoms with Crippen molar-refractivity contribution in [2.45, 2.75) is 19.0 Å². The molecule has 0 unspecified atom stereocenters. The molecule has 0 radical (unpaired) electrons. The molecule has 3 nitrogen and oxygen atoms in total. The lowest BCUT2D eigenvalue weighted by Crippen LogP contribution is -2.16. The summed E-state index contributed by atoms with van der Waals surface area (Å²) in [5.74, 6) is -0.463. The Hall–Kier alpha value is -1.89. The van der Waals surface area contributed by atoms with E-state index < -0.39 is 17.6 Å². The molecule has 0 spiro atoms. The van der Waals surface area contributed by atoms with E-state index in [9.17, 15) is 18.0 Å². The molecule has 2 rings (SSSR count). The summed E-state index contributed by atoms with van der Waals surface area (Å²) < 4.78 is 38.2. The fourth-order valence-corrected chi connectivity index (χ4v) is 2.25. The molecule has 1 N–H and O–H groups in total. The molecule has 0 fully saturated rings. The Balaban J connectivity index is 2.01. The van der Waals surface area contributed by atoms with Crippen molar-refractivity contribution in [2.75, 3.05) is 5.32 Å². The Bertz CT molecular complexity index is 582. The van der Waals surface area contributed by atoms with Crippen LogP contribution in [0.4, 0.5) is 18.9 Å². The van der Waals surface area contributed by atoms with Gasteiger partial charge in [-0.1, -0.05) is 12.1 Å². The molecule has 2 aromatic rings. The summed E-state index contributed by atoms with van der Waals surface area (Å²) in [4.78, 5) is 15.7. The van der Waals surface area contributed by atoms with Crippen LogP contribution in [0, 0.1) is 0 Å². The van der Waals surface area contributed by atoms with E-state index in [0.29, 0.717) is 6.42 Å². The lowest BCUT2D eigenvalue weighted by atomic mass is 10.1. The number of nitrogens with zero attached hydrogens (tertiary/aromatic N) is 1. The van der Waals surface area contributed by atoms with Crippen LogP contribution in [-0.4, -0.2) is 10.9 Å². The molecule has 1 heterocycles. The van der Waals surface area contributed by atoms with E-state index >= 15 is 0 Å². The fourth-order valence-electron chi connectivity index (χ4n) is 1.65. The molecular weight excluding hydrogens is 289 g/mol. The zero-order valence-electron chi connectivity index (χ0n) is 10.3. The highest BCUT2D eigenvalue weighted by atomic mass is 32.1. The number of alkyl halides is 3. The van der Waals surface area contributed by atoms with Gasteiger partial charge in [-0.3, -0.25) is 4.79 Å². The first-order valence-corrected chi connectivity index (χ1v) is 6.74. The Morgan fingerprint density at radius 3 is 2.70 bits per heavy atom. The van der Waals surface area contributed by atoms with Crippen LogP contribution < -0.4 is 5.32 Å². The van der Waals surface area contributed by atoms with E-state index in [4.69, 9.17) is 0 Å². The number of carbonyl (C=O) groups is 1. The highest BCUT2D eigenvalue weighted by Gasteiger charge is 2.33. The lowest BCUT2D eigenvalue weighted by molar-refractivity contribution is -0.137. The summed E-state index contributed by atoms with van der Waals surface area (Å²) in [6.45, 7) is 0. The van der Waals surface area contributed by atoms with Crippen molar-refractivity contribution < 1.29 is 18.0 Å². The van der Waals surface area contributed by atoms with Crippen LogP contribution in [-0.2, 0) is 17.4 Å². The van der Waals surface area contributed by atoms with Crippen LogP contribution in [0.5, 0.6) is 0 Å². The van der Waals surface area contributed by atoms with Crippen LogP contribution in [0.1, 0.15) is 17.7 Å². The smallest absolute Gasteiger partial charge is 0.325 e. The standard InChI is InChI=1S/C13H11F3N2OS/c14-13(15,16)10-3-1-2-4-11(10)18-12(19)6-5-9-7-20-8-17-9/h1-4,7-8H,5-6H2,(H,18,19). The second kappa shape index (κ2) is 6.04. The summed E-state index contributed by atoms with van der Waals surface area (Å²) in [5.41, 5.74) is 1.34.